The molecule has 0 aliphatic heterocycles. The summed E-state index contributed by atoms with van der Waals surface area (Å²) in [4.78, 5) is 36.6. The van der Waals surface area contributed by atoms with Crippen LogP contribution in [0.25, 0.3) is 0 Å². The minimum atomic E-state index is -0.944. The van der Waals surface area contributed by atoms with Crippen LogP contribution in [0.4, 0.5) is 11.4 Å². The number of carbonyl (C=O) groups is 3. The Bertz CT molecular complexity index is 1240. The van der Waals surface area contributed by atoms with Crippen LogP contribution in [-0.4, -0.2) is 43.8 Å². The van der Waals surface area contributed by atoms with Gasteiger partial charge in [-0.2, -0.15) is 5.10 Å². The topological polar surface area (TPSA) is 127 Å². The van der Waals surface area contributed by atoms with Gasteiger partial charge in [0, 0.05) is 16.9 Å². The zero-order valence-corrected chi connectivity index (χ0v) is 21.2. The first-order valence-corrected chi connectivity index (χ1v) is 12.1. The van der Waals surface area contributed by atoms with E-state index in [2.05, 4.69) is 21.2 Å². The molecule has 3 aromatic rings. The summed E-state index contributed by atoms with van der Waals surface area (Å²) >= 11 is 0. The van der Waals surface area contributed by atoms with E-state index >= 15 is 0 Å². The SMILES string of the molecule is CCCOc1ccc(NC(=O)C(=O)N/N=C\c2ccccc2OCC(=O)Nc2ccc(OCC)cc2)cc1. The average Bonchev–Trinajstić information content (AvgIpc) is 2.93. The van der Waals surface area contributed by atoms with Crippen molar-refractivity contribution in [3.8, 4) is 17.2 Å². The molecule has 0 fully saturated rings. The first kappa shape index (κ1) is 27.7. The molecule has 0 radical (unpaired) electrons. The number of nitrogens with zero attached hydrogens (tertiary/aromatic N) is 1. The zero-order valence-electron chi connectivity index (χ0n) is 21.2. The number of benzene rings is 3. The fourth-order valence-electron chi connectivity index (χ4n) is 3.11. The molecule has 0 heterocycles. The molecule has 10 nitrogen and oxygen atoms in total. The van der Waals surface area contributed by atoms with Crippen LogP contribution < -0.4 is 30.3 Å². The summed E-state index contributed by atoms with van der Waals surface area (Å²) in [7, 11) is 0. The van der Waals surface area contributed by atoms with Gasteiger partial charge in [0.25, 0.3) is 5.91 Å². The number of hydrazone groups is 1. The van der Waals surface area contributed by atoms with Crippen molar-refractivity contribution >= 4 is 35.3 Å². The highest BCUT2D eigenvalue weighted by atomic mass is 16.5. The maximum atomic E-state index is 12.3. The van der Waals surface area contributed by atoms with Crippen molar-refractivity contribution in [2.45, 2.75) is 20.3 Å². The van der Waals surface area contributed by atoms with Crippen LogP contribution in [-0.2, 0) is 14.4 Å². The number of para-hydroxylation sites is 1. The fraction of sp³-hybridized carbons (Fsp3) is 0.214. The van der Waals surface area contributed by atoms with Gasteiger partial charge in [-0.05, 0) is 74.0 Å². The smallest absolute Gasteiger partial charge is 0.329 e. The first-order chi connectivity index (χ1) is 18.5. The second kappa shape index (κ2) is 14.6. The lowest BCUT2D eigenvalue weighted by atomic mass is 10.2. The molecule has 0 aliphatic carbocycles. The van der Waals surface area contributed by atoms with Gasteiger partial charge in [0.15, 0.2) is 6.61 Å². The summed E-state index contributed by atoms with van der Waals surface area (Å²) in [6.45, 7) is 4.81. The molecule has 0 aliphatic rings. The van der Waals surface area contributed by atoms with Crippen LogP contribution in [0.15, 0.2) is 77.9 Å². The van der Waals surface area contributed by atoms with E-state index in [0.29, 0.717) is 47.4 Å². The minimum Gasteiger partial charge on any atom is -0.494 e. The number of anilines is 2. The van der Waals surface area contributed by atoms with Crippen molar-refractivity contribution in [2.75, 3.05) is 30.5 Å². The summed E-state index contributed by atoms with van der Waals surface area (Å²) in [5.74, 6) is -0.405. The van der Waals surface area contributed by atoms with Crippen LogP contribution in [0, 0.1) is 0 Å². The van der Waals surface area contributed by atoms with Gasteiger partial charge in [0.05, 0.1) is 19.4 Å². The van der Waals surface area contributed by atoms with Crippen LogP contribution >= 0.6 is 0 Å². The molecule has 0 aromatic heterocycles. The minimum absolute atomic E-state index is 0.241. The van der Waals surface area contributed by atoms with E-state index in [1.165, 1.54) is 6.21 Å². The molecule has 3 rings (SSSR count). The van der Waals surface area contributed by atoms with Gasteiger partial charge in [0.1, 0.15) is 17.2 Å². The Hall–Kier alpha value is -4.86. The third kappa shape index (κ3) is 8.98. The van der Waals surface area contributed by atoms with E-state index in [-0.39, 0.29) is 12.5 Å². The Morgan fingerprint density at radius 3 is 2.05 bits per heavy atom. The van der Waals surface area contributed by atoms with Gasteiger partial charge in [-0.25, -0.2) is 5.43 Å². The average molecular weight is 519 g/mol. The second-order valence-electron chi connectivity index (χ2n) is 7.86. The van der Waals surface area contributed by atoms with Gasteiger partial charge >= 0.3 is 11.8 Å². The standard InChI is InChI=1S/C28H30N4O6/c1-3-17-37-24-15-11-22(12-16-24)31-27(34)28(35)32-29-18-20-7-5-6-8-25(20)38-19-26(33)30-21-9-13-23(14-10-21)36-4-2/h5-16,18H,3-4,17,19H2,1-2H3,(H,30,33)(H,31,34)(H,32,35)/b29-18-. The normalized spacial score (nSPS) is 10.5. The molecule has 198 valence electrons. The van der Waals surface area contributed by atoms with Gasteiger partial charge in [-0.1, -0.05) is 19.1 Å². The third-order valence-corrected chi connectivity index (χ3v) is 4.89. The summed E-state index contributed by atoms with van der Waals surface area (Å²) in [5.41, 5.74) is 3.74. The molecule has 0 saturated carbocycles. The van der Waals surface area contributed by atoms with Crippen molar-refractivity contribution in [2.24, 2.45) is 5.10 Å². The maximum Gasteiger partial charge on any atom is 0.329 e. The van der Waals surface area contributed by atoms with Gasteiger partial charge in [-0.15, -0.1) is 0 Å². The lowest BCUT2D eigenvalue weighted by Gasteiger charge is -2.10. The highest BCUT2D eigenvalue weighted by Gasteiger charge is 2.13. The Kier molecular flexibility index (Phi) is 10.7. The summed E-state index contributed by atoms with van der Waals surface area (Å²) < 4.78 is 16.5. The van der Waals surface area contributed by atoms with E-state index in [4.69, 9.17) is 14.2 Å². The monoisotopic (exact) mass is 518 g/mol. The Balaban J connectivity index is 1.48. The van der Waals surface area contributed by atoms with Crippen LogP contribution in [0.3, 0.4) is 0 Å². The number of nitrogens with one attached hydrogen (secondary N) is 3. The number of amides is 3. The Morgan fingerprint density at radius 2 is 1.39 bits per heavy atom. The van der Waals surface area contributed by atoms with Gasteiger partial charge in [-0.3, -0.25) is 14.4 Å². The summed E-state index contributed by atoms with van der Waals surface area (Å²) in [6, 6.07) is 20.5. The van der Waals surface area contributed by atoms with Crippen molar-refractivity contribution in [3.05, 3.63) is 78.4 Å². The molecule has 0 unspecified atom stereocenters. The van der Waals surface area contributed by atoms with E-state index in [1.807, 2.05) is 13.8 Å². The van der Waals surface area contributed by atoms with E-state index < -0.39 is 11.8 Å². The Morgan fingerprint density at radius 1 is 0.763 bits per heavy atom. The molecule has 0 bridgehead atoms. The molecule has 3 N–H and O–H groups in total. The number of rotatable bonds is 12. The van der Waals surface area contributed by atoms with E-state index in [1.54, 1.807) is 72.8 Å². The quantitative estimate of drug-likeness (QED) is 0.189. The van der Waals surface area contributed by atoms with Gasteiger partial charge < -0.3 is 24.8 Å². The predicted molar refractivity (Wildman–Crippen MR) is 145 cm³/mol. The maximum absolute atomic E-state index is 12.3. The summed E-state index contributed by atoms with van der Waals surface area (Å²) in [5, 5.41) is 9.07. The number of carbonyl (C=O) groups excluding carboxylic acids is 3. The van der Waals surface area contributed by atoms with Gasteiger partial charge in [0.2, 0.25) is 0 Å². The van der Waals surface area contributed by atoms with Crippen LogP contribution in [0.2, 0.25) is 0 Å². The molecule has 0 spiro atoms. The van der Waals surface area contributed by atoms with E-state index in [9.17, 15) is 14.4 Å². The lowest BCUT2D eigenvalue weighted by Crippen LogP contribution is -2.32. The largest absolute Gasteiger partial charge is 0.494 e. The molecule has 38 heavy (non-hydrogen) atoms. The molecular formula is C28H30N4O6. The highest BCUT2D eigenvalue weighted by molar-refractivity contribution is 6.39. The highest BCUT2D eigenvalue weighted by Crippen LogP contribution is 2.18. The van der Waals surface area contributed by atoms with E-state index in [0.717, 1.165) is 6.42 Å². The van der Waals surface area contributed by atoms with Crippen molar-refractivity contribution in [1.82, 2.24) is 5.43 Å². The third-order valence-electron chi connectivity index (χ3n) is 4.89. The fourth-order valence-corrected chi connectivity index (χ4v) is 3.11. The lowest BCUT2D eigenvalue weighted by molar-refractivity contribution is -0.136. The Labute approximate surface area is 221 Å². The molecule has 10 heteroatoms. The second-order valence-corrected chi connectivity index (χ2v) is 7.86. The molecule has 3 aromatic carbocycles. The molecule has 0 atom stereocenters. The number of hydrogen-bond acceptors (Lipinski definition) is 7. The van der Waals surface area contributed by atoms with Crippen molar-refractivity contribution in [3.63, 3.8) is 0 Å². The first-order valence-electron chi connectivity index (χ1n) is 12.1. The number of ether oxygens (including phenoxy) is 3. The molecule has 0 saturated heterocycles. The zero-order chi connectivity index (χ0) is 27.2. The predicted octanol–water partition coefficient (Wildman–Crippen LogP) is 3.98. The van der Waals surface area contributed by atoms with Crippen LogP contribution in [0.1, 0.15) is 25.8 Å². The summed E-state index contributed by atoms with van der Waals surface area (Å²) in [6.07, 6.45) is 2.21. The van der Waals surface area contributed by atoms with Crippen molar-refractivity contribution < 1.29 is 28.6 Å². The number of hydrogen-bond donors (Lipinski definition) is 3. The van der Waals surface area contributed by atoms with Crippen LogP contribution in [0.5, 0.6) is 17.2 Å². The molecular weight excluding hydrogens is 488 g/mol. The van der Waals surface area contributed by atoms with Crippen molar-refractivity contribution in [1.29, 1.82) is 0 Å². The molecule has 3 amide bonds.